The van der Waals surface area contributed by atoms with Crippen LogP contribution in [0.5, 0.6) is 0 Å². The maximum atomic E-state index is 10.8. The Kier molecular flexibility index (Phi) is 10.8. The first-order chi connectivity index (χ1) is 9.04. The molecule has 110 valence electrons. The summed E-state index contributed by atoms with van der Waals surface area (Å²) in [6, 6.07) is 0. The van der Waals surface area contributed by atoms with Gasteiger partial charge in [0.05, 0.1) is 0 Å². The van der Waals surface area contributed by atoms with Gasteiger partial charge in [-0.2, -0.15) is 0 Å². The molecule has 0 aromatic carbocycles. The van der Waals surface area contributed by atoms with E-state index in [1.807, 2.05) is 0 Å². The Balaban J connectivity index is 3.13. The number of carboxylic acids is 2. The van der Waals surface area contributed by atoms with Gasteiger partial charge in [0, 0.05) is 12.8 Å². The zero-order chi connectivity index (χ0) is 14.5. The van der Waals surface area contributed by atoms with Gasteiger partial charge in [0.25, 0.3) is 0 Å². The number of carboxylic acid groups (broad SMARTS) is 2. The van der Waals surface area contributed by atoms with E-state index in [2.05, 4.69) is 0 Å². The smallest absolute Gasteiger partial charge is 0.372 e. The number of rotatable bonds is 13. The van der Waals surface area contributed by atoms with Crippen LogP contribution in [0.4, 0.5) is 0 Å². The molecule has 0 saturated heterocycles. The van der Waals surface area contributed by atoms with Crippen LogP contribution in [-0.4, -0.2) is 27.9 Å². The van der Waals surface area contributed by atoms with Gasteiger partial charge in [-0.1, -0.05) is 44.9 Å². The molecule has 0 aliphatic carbocycles. The number of aliphatic carboxylic acids is 2. The van der Waals surface area contributed by atoms with Gasteiger partial charge in [0.1, 0.15) is 0 Å². The first-order valence-electron chi connectivity index (χ1n) is 7.02. The quantitative estimate of drug-likeness (QED) is 0.397. The number of carbonyl (C=O) groups is 3. The van der Waals surface area contributed by atoms with Gasteiger partial charge < -0.3 is 10.2 Å². The molecule has 0 atom stereocenters. The lowest BCUT2D eigenvalue weighted by Crippen LogP contribution is -2.11. The van der Waals surface area contributed by atoms with Crippen molar-refractivity contribution in [3.05, 3.63) is 0 Å². The molecule has 0 fully saturated rings. The third-order valence-corrected chi connectivity index (χ3v) is 3.03. The number of Topliss-reactive ketones (excluding diaryl/α,β-unsaturated/α-hetero) is 1. The molecular formula is C14H24O5. The van der Waals surface area contributed by atoms with Crippen LogP contribution in [0.3, 0.4) is 0 Å². The van der Waals surface area contributed by atoms with Crippen LogP contribution in [0, 0.1) is 0 Å². The van der Waals surface area contributed by atoms with Crippen LogP contribution in [0.25, 0.3) is 0 Å². The molecule has 0 saturated carbocycles. The molecule has 0 unspecified atom stereocenters. The zero-order valence-electron chi connectivity index (χ0n) is 11.4. The highest BCUT2D eigenvalue weighted by Gasteiger charge is 2.09. The van der Waals surface area contributed by atoms with Gasteiger partial charge >= 0.3 is 11.9 Å². The Hall–Kier alpha value is -1.39. The molecule has 0 heterocycles. The summed E-state index contributed by atoms with van der Waals surface area (Å²) in [4.78, 5) is 31.3. The Morgan fingerprint density at radius 1 is 0.579 bits per heavy atom. The lowest BCUT2D eigenvalue weighted by molar-refractivity contribution is -0.149. The van der Waals surface area contributed by atoms with E-state index in [1.54, 1.807) is 0 Å². The van der Waals surface area contributed by atoms with Crippen molar-refractivity contribution < 1.29 is 24.6 Å². The predicted molar refractivity (Wildman–Crippen MR) is 71.1 cm³/mol. The van der Waals surface area contributed by atoms with Crippen molar-refractivity contribution in [3.63, 3.8) is 0 Å². The Labute approximate surface area is 114 Å². The van der Waals surface area contributed by atoms with Gasteiger partial charge in [-0.3, -0.25) is 9.59 Å². The van der Waals surface area contributed by atoms with E-state index in [1.165, 1.54) is 0 Å². The van der Waals surface area contributed by atoms with Crippen LogP contribution in [0.1, 0.15) is 70.6 Å². The summed E-state index contributed by atoms with van der Waals surface area (Å²) in [6.45, 7) is 0. The standard InChI is InChI=1S/C14H24O5/c15-12(14(18)19)10-8-6-4-2-1-3-5-7-9-11-13(16)17/h1-11H2,(H,16,17)(H,18,19). The highest BCUT2D eigenvalue weighted by Crippen LogP contribution is 2.11. The predicted octanol–water partition coefficient (Wildman–Crippen LogP) is 3.02. The lowest BCUT2D eigenvalue weighted by Gasteiger charge is -2.01. The van der Waals surface area contributed by atoms with E-state index in [-0.39, 0.29) is 12.8 Å². The van der Waals surface area contributed by atoms with E-state index < -0.39 is 17.7 Å². The summed E-state index contributed by atoms with van der Waals surface area (Å²) in [6.07, 6.45) is 9.14. The van der Waals surface area contributed by atoms with E-state index >= 15 is 0 Å². The molecule has 0 aromatic heterocycles. The van der Waals surface area contributed by atoms with Crippen molar-refractivity contribution in [1.82, 2.24) is 0 Å². The lowest BCUT2D eigenvalue weighted by atomic mass is 10.0. The van der Waals surface area contributed by atoms with Crippen LogP contribution in [0.2, 0.25) is 0 Å². The second kappa shape index (κ2) is 11.7. The normalized spacial score (nSPS) is 10.3. The van der Waals surface area contributed by atoms with E-state index in [0.717, 1.165) is 51.4 Å². The summed E-state index contributed by atoms with van der Waals surface area (Å²) in [7, 11) is 0. The first kappa shape index (κ1) is 17.6. The monoisotopic (exact) mass is 272 g/mol. The largest absolute Gasteiger partial charge is 0.481 e. The fourth-order valence-corrected chi connectivity index (χ4v) is 1.91. The number of ketones is 1. The molecule has 0 aromatic rings. The molecule has 0 amide bonds. The van der Waals surface area contributed by atoms with Crippen molar-refractivity contribution in [2.45, 2.75) is 70.6 Å². The summed E-state index contributed by atoms with van der Waals surface area (Å²) >= 11 is 0. The molecule has 0 bridgehead atoms. The van der Waals surface area contributed by atoms with Crippen molar-refractivity contribution in [1.29, 1.82) is 0 Å². The number of unbranched alkanes of at least 4 members (excludes halogenated alkanes) is 8. The van der Waals surface area contributed by atoms with E-state index in [0.29, 0.717) is 6.42 Å². The minimum atomic E-state index is -1.33. The van der Waals surface area contributed by atoms with Crippen LogP contribution >= 0.6 is 0 Å². The van der Waals surface area contributed by atoms with Crippen molar-refractivity contribution in [2.24, 2.45) is 0 Å². The second-order valence-corrected chi connectivity index (χ2v) is 4.80. The molecule has 0 aliphatic rings. The van der Waals surface area contributed by atoms with E-state index in [9.17, 15) is 14.4 Å². The fraction of sp³-hybridized carbons (Fsp3) is 0.786. The number of carbonyl (C=O) groups excluding carboxylic acids is 1. The van der Waals surface area contributed by atoms with Crippen molar-refractivity contribution >= 4 is 17.7 Å². The summed E-state index contributed by atoms with van der Waals surface area (Å²) in [5.74, 6) is -2.75. The maximum Gasteiger partial charge on any atom is 0.372 e. The molecule has 0 rings (SSSR count). The topological polar surface area (TPSA) is 91.7 Å². The minimum Gasteiger partial charge on any atom is -0.481 e. The highest BCUT2D eigenvalue weighted by atomic mass is 16.4. The third kappa shape index (κ3) is 12.9. The molecule has 5 heteroatoms. The molecule has 2 N–H and O–H groups in total. The van der Waals surface area contributed by atoms with Gasteiger partial charge in [-0.05, 0) is 12.8 Å². The molecule has 5 nitrogen and oxygen atoms in total. The molecule has 0 spiro atoms. The Bertz CT molecular complexity index is 286. The fourth-order valence-electron chi connectivity index (χ4n) is 1.91. The van der Waals surface area contributed by atoms with Gasteiger partial charge in [0.15, 0.2) is 0 Å². The van der Waals surface area contributed by atoms with Crippen LogP contribution in [0.15, 0.2) is 0 Å². The average molecular weight is 272 g/mol. The highest BCUT2D eigenvalue weighted by molar-refractivity contribution is 6.32. The van der Waals surface area contributed by atoms with Crippen molar-refractivity contribution in [2.75, 3.05) is 0 Å². The SMILES string of the molecule is O=C(O)CCCCCCCCCCCC(=O)C(=O)O. The van der Waals surface area contributed by atoms with Gasteiger partial charge in [-0.25, -0.2) is 4.79 Å². The Morgan fingerprint density at radius 3 is 1.32 bits per heavy atom. The molecule has 19 heavy (non-hydrogen) atoms. The first-order valence-corrected chi connectivity index (χ1v) is 7.02. The summed E-state index contributed by atoms with van der Waals surface area (Å²) < 4.78 is 0. The average Bonchev–Trinajstić information content (AvgIpc) is 2.35. The molecule has 0 radical (unpaired) electrons. The number of hydrogen-bond acceptors (Lipinski definition) is 3. The molecular weight excluding hydrogens is 248 g/mol. The molecule has 0 aliphatic heterocycles. The van der Waals surface area contributed by atoms with E-state index in [4.69, 9.17) is 10.2 Å². The van der Waals surface area contributed by atoms with Gasteiger partial charge in [-0.15, -0.1) is 0 Å². The Morgan fingerprint density at radius 2 is 0.947 bits per heavy atom. The number of hydrogen-bond donors (Lipinski definition) is 2. The maximum absolute atomic E-state index is 10.8. The van der Waals surface area contributed by atoms with Crippen LogP contribution in [-0.2, 0) is 14.4 Å². The second-order valence-electron chi connectivity index (χ2n) is 4.80. The third-order valence-electron chi connectivity index (χ3n) is 3.03. The summed E-state index contributed by atoms with van der Waals surface area (Å²) in [5.41, 5.74) is 0. The zero-order valence-corrected chi connectivity index (χ0v) is 11.4. The van der Waals surface area contributed by atoms with Crippen LogP contribution < -0.4 is 0 Å². The van der Waals surface area contributed by atoms with Gasteiger partial charge in [0.2, 0.25) is 5.78 Å². The summed E-state index contributed by atoms with van der Waals surface area (Å²) in [5, 5.41) is 16.8. The van der Waals surface area contributed by atoms with Crippen molar-refractivity contribution in [3.8, 4) is 0 Å². The minimum absolute atomic E-state index is 0.143.